The summed E-state index contributed by atoms with van der Waals surface area (Å²) in [5.41, 5.74) is 7.27. The minimum absolute atomic E-state index is 0.0490. The first-order chi connectivity index (χ1) is 27.7. The third-order valence-electron chi connectivity index (χ3n) is 9.53. The molecule has 0 aliphatic carbocycles. The van der Waals surface area contributed by atoms with Gasteiger partial charge < -0.3 is 0 Å². The molecule has 0 aliphatic heterocycles. The molecule has 5 aromatic carbocycles. The molecule has 57 heavy (non-hydrogen) atoms. The van der Waals surface area contributed by atoms with E-state index in [2.05, 4.69) is 77.9 Å². The Kier molecular flexibility index (Phi) is 10.5. The lowest BCUT2D eigenvalue weighted by Crippen LogP contribution is -2.07. The van der Waals surface area contributed by atoms with Crippen LogP contribution in [0.1, 0.15) is 76.8 Å². The first-order valence-electron chi connectivity index (χ1n) is 19.4. The Labute approximate surface area is 333 Å². The Morgan fingerprint density at radius 3 is 0.772 bits per heavy atom. The van der Waals surface area contributed by atoms with E-state index in [4.69, 9.17) is 44.9 Å². The average molecular weight is 746 g/mol. The van der Waals surface area contributed by atoms with Crippen LogP contribution in [0.15, 0.2) is 133 Å². The molecule has 0 saturated carbocycles. The van der Waals surface area contributed by atoms with Crippen LogP contribution in [0.4, 0.5) is 0 Å². The summed E-state index contributed by atoms with van der Waals surface area (Å²) in [5.74, 6) is 5.67. The van der Waals surface area contributed by atoms with E-state index < -0.39 is 0 Å². The van der Waals surface area contributed by atoms with E-state index in [0.29, 0.717) is 52.4 Å². The summed E-state index contributed by atoms with van der Waals surface area (Å²) in [6.07, 6.45) is 0. The van der Waals surface area contributed by atoms with Gasteiger partial charge in [-0.1, -0.05) is 157 Å². The molecule has 8 rings (SSSR count). The Balaban J connectivity index is 1.34. The van der Waals surface area contributed by atoms with Gasteiger partial charge in [-0.3, -0.25) is 0 Å². The smallest absolute Gasteiger partial charge is 0.163 e. The second-order valence-electron chi connectivity index (χ2n) is 15.0. The summed E-state index contributed by atoms with van der Waals surface area (Å²) >= 11 is 0. The highest BCUT2D eigenvalue weighted by Crippen LogP contribution is 2.34. The second-order valence-corrected chi connectivity index (χ2v) is 15.0. The standard InChI is InChI=1S/C48H43N9/c1-29(2)40-49-43(34-18-12-8-13-19-34)55-46(52-40)37-26-38(47-53-41(30(3)4)50-44(56-47)35-20-14-9-15-21-35)28-39(27-37)48-54-42(31(5)6)51-45(57-48)36-24-22-33(23-25-36)32-16-10-7-11-17-32/h7-31H,1-6H3. The van der Waals surface area contributed by atoms with Gasteiger partial charge in [0.25, 0.3) is 0 Å². The fraction of sp³-hybridized carbons (Fsp3) is 0.188. The lowest BCUT2D eigenvalue weighted by atomic mass is 10.0. The topological polar surface area (TPSA) is 116 Å². The van der Waals surface area contributed by atoms with E-state index in [1.807, 2.05) is 97.1 Å². The van der Waals surface area contributed by atoms with Gasteiger partial charge >= 0.3 is 0 Å². The first kappa shape index (κ1) is 37.1. The molecular weight excluding hydrogens is 703 g/mol. The Bertz CT molecular complexity index is 2530. The van der Waals surface area contributed by atoms with Gasteiger partial charge in [0.15, 0.2) is 34.9 Å². The minimum Gasteiger partial charge on any atom is -0.213 e. The SMILES string of the molecule is CC(C)c1nc(-c2ccccc2)nc(-c2cc(-c3nc(-c4ccccc4)nc(C(C)C)n3)cc(-c3nc(-c4ccc(-c5ccccc5)cc4)nc(C(C)C)n3)c2)n1. The largest absolute Gasteiger partial charge is 0.213 e. The summed E-state index contributed by atoms with van der Waals surface area (Å²) in [6.45, 7) is 12.5. The van der Waals surface area contributed by atoms with Crippen molar-refractivity contribution in [2.75, 3.05) is 0 Å². The molecular formula is C48H43N9. The molecule has 0 unspecified atom stereocenters. The number of rotatable bonds is 10. The van der Waals surface area contributed by atoms with Gasteiger partial charge in [0.05, 0.1) is 0 Å². The van der Waals surface area contributed by atoms with Crippen LogP contribution in [0.2, 0.25) is 0 Å². The van der Waals surface area contributed by atoms with Crippen molar-refractivity contribution >= 4 is 0 Å². The van der Waals surface area contributed by atoms with Crippen LogP contribution < -0.4 is 0 Å². The van der Waals surface area contributed by atoms with Gasteiger partial charge in [-0.25, -0.2) is 44.9 Å². The summed E-state index contributed by atoms with van der Waals surface area (Å²) in [5, 5.41) is 0. The molecule has 9 heteroatoms. The first-order valence-corrected chi connectivity index (χ1v) is 19.4. The molecule has 0 N–H and O–H groups in total. The molecule has 0 radical (unpaired) electrons. The highest BCUT2D eigenvalue weighted by atomic mass is 15.1. The van der Waals surface area contributed by atoms with Gasteiger partial charge in [-0.05, 0) is 29.3 Å². The Morgan fingerprint density at radius 2 is 0.474 bits per heavy atom. The zero-order valence-electron chi connectivity index (χ0n) is 33.0. The number of nitrogens with zero attached hydrogens (tertiary/aromatic N) is 9. The lowest BCUT2D eigenvalue weighted by molar-refractivity contribution is 0.764. The highest BCUT2D eigenvalue weighted by molar-refractivity contribution is 5.77. The predicted molar refractivity (Wildman–Crippen MR) is 227 cm³/mol. The van der Waals surface area contributed by atoms with Crippen LogP contribution in [0.5, 0.6) is 0 Å². The molecule has 3 aromatic heterocycles. The van der Waals surface area contributed by atoms with Crippen molar-refractivity contribution in [1.82, 2.24) is 44.9 Å². The predicted octanol–water partition coefficient (Wildman–Crippen LogP) is 11.3. The monoisotopic (exact) mass is 745 g/mol. The van der Waals surface area contributed by atoms with Crippen molar-refractivity contribution < 1.29 is 0 Å². The number of aromatic nitrogens is 9. The van der Waals surface area contributed by atoms with E-state index in [0.717, 1.165) is 44.5 Å². The zero-order chi connectivity index (χ0) is 39.5. The molecule has 0 fully saturated rings. The van der Waals surface area contributed by atoms with Crippen molar-refractivity contribution in [3.05, 3.63) is 151 Å². The lowest BCUT2D eigenvalue weighted by Gasteiger charge is -2.14. The molecule has 0 atom stereocenters. The fourth-order valence-electron chi connectivity index (χ4n) is 6.36. The molecule has 8 aromatic rings. The van der Waals surface area contributed by atoms with Crippen molar-refractivity contribution in [3.8, 4) is 79.5 Å². The Hall–Kier alpha value is -6.87. The molecule has 0 spiro atoms. The zero-order valence-corrected chi connectivity index (χ0v) is 33.0. The van der Waals surface area contributed by atoms with E-state index in [1.54, 1.807) is 0 Å². The third kappa shape index (κ3) is 8.23. The van der Waals surface area contributed by atoms with Crippen LogP contribution in [0.3, 0.4) is 0 Å². The van der Waals surface area contributed by atoms with Gasteiger partial charge in [0.2, 0.25) is 0 Å². The van der Waals surface area contributed by atoms with Crippen LogP contribution in [0, 0.1) is 0 Å². The molecule has 0 saturated heterocycles. The molecule has 0 bridgehead atoms. The summed E-state index contributed by atoms with van der Waals surface area (Å²) < 4.78 is 0. The van der Waals surface area contributed by atoms with E-state index in [1.165, 1.54) is 0 Å². The molecule has 3 heterocycles. The number of hydrogen-bond acceptors (Lipinski definition) is 9. The van der Waals surface area contributed by atoms with Crippen LogP contribution >= 0.6 is 0 Å². The second kappa shape index (κ2) is 16.1. The maximum Gasteiger partial charge on any atom is 0.163 e. The quantitative estimate of drug-likeness (QED) is 0.135. The Morgan fingerprint density at radius 1 is 0.246 bits per heavy atom. The maximum atomic E-state index is 5.12. The average Bonchev–Trinajstić information content (AvgIpc) is 3.26. The number of hydrogen-bond donors (Lipinski definition) is 0. The molecule has 9 nitrogen and oxygen atoms in total. The van der Waals surface area contributed by atoms with Gasteiger partial charge in [0, 0.05) is 51.1 Å². The summed E-state index contributed by atoms with van der Waals surface area (Å²) in [4.78, 5) is 45.0. The minimum atomic E-state index is 0.0490. The summed E-state index contributed by atoms with van der Waals surface area (Å²) in [6, 6.07) is 44.8. The van der Waals surface area contributed by atoms with Gasteiger partial charge in [0.1, 0.15) is 17.5 Å². The van der Waals surface area contributed by atoms with E-state index in [-0.39, 0.29) is 17.8 Å². The molecule has 0 aliphatic rings. The third-order valence-corrected chi connectivity index (χ3v) is 9.53. The fourth-order valence-corrected chi connectivity index (χ4v) is 6.36. The van der Waals surface area contributed by atoms with Crippen molar-refractivity contribution in [2.45, 2.75) is 59.3 Å². The van der Waals surface area contributed by atoms with Crippen molar-refractivity contribution in [3.63, 3.8) is 0 Å². The van der Waals surface area contributed by atoms with Gasteiger partial charge in [-0.15, -0.1) is 0 Å². The highest BCUT2D eigenvalue weighted by Gasteiger charge is 2.20. The number of benzene rings is 5. The van der Waals surface area contributed by atoms with Crippen LogP contribution in [-0.2, 0) is 0 Å². The molecule has 0 amide bonds. The normalized spacial score (nSPS) is 11.5. The van der Waals surface area contributed by atoms with Crippen LogP contribution in [0.25, 0.3) is 79.5 Å². The molecule has 280 valence electrons. The van der Waals surface area contributed by atoms with E-state index >= 15 is 0 Å². The van der Waals surface area contributed by atoms with Crippen LogP contribution in [-0.4, -0.2) is 44.9 Å². The van der Waals surface area contributed by atoms with Gasteiger partial charge in [-0.2, -0.15) is 0 Å². The maximum absolute atomic E-state index is 5.12. The van der Waals surface area contributed by atoms with Crippen molar-refractivity contribution in [1.29, 1.82) is 0 Å². The summed E-state index contributed by atoms with van der Waals surface area (Å²) in [7, 11) is 0. The van der Waals surface area contributed by atoms with Crippen molar-refractivity contribution in [2.24, 2.45) is 0 Å². The van der Waals surface area contributed by atoms with E-state index in [9.17, 15) is 0 Å².